The highest BCUT2D eigenvalue weighted by Gasteiger charge is 2.48. The van der Waals surface area contributed by atoms with Crippen molar-refractivity contribution in [3.8, 4) is 46.0 Å². The molecule has 4 fully saturated rings. The van der Waals surface area contributed by atoms with Crippen LogP contribution in [0.2, 0.25) is 0 Å². The average Bonchev–Trinajstić information content (AvgIpc) is 4.00. The summed E-state index contributed by atoms with van der Waals surface area (Å²) in [6.45, 7) is 6.89. The molecule has 12 nitrogen and oxygen atoms in total. The molecular formula is C52H65ClN2O10. The van der Waals surface area contributed by atoms with Crippen LogP contribution in [0, 0.1) is 11.8 Å². The molecule has 0 bridgehead atoms. The van der Waals surface area contributed by atoms with Gasteiger partial charge in [0.15, 0.2) is 28.8 Å². The number of halogens is 1. The number of Topliss-reactive ketones (excluding diaryl/α,β-unsaturated/α-hetero) is 1. The number of aliphatic hydroxyl groups excluding tert-OH is 1. The Morgan fingerprint density at radius 2 is 1.31 bits per heavy atom. The smallest absolute Gasteiger partial charge is 0.231 e. The molecular weight excluding hydrogens is 848 g/mol. The number of para-hydroxylation sites is 2. The van der Waals surface area contributed by atoms with Crippen LogP contribution in [0.25, 0.3) is 0 Å². The zero-order chi connectivity index (χ0) is 45.1. The molecule has 2 saturated carbocycles. The number of fused-ring (bicyclic) bond motifs is 2. The molecule has 0 aromatic heterocycles. The highest BCUT2D eigenvalue weighted by molar-refractivity contribution is 6.29. The van der Waals surface area contributed by atoms with Crippen LogP contribution in [0.15, 0.2) is 84.9 Å². The summed E-state index contributed by atoms with van der Waals surface area (Å²) in [5.41, 5.74) is 1.58. The highest BCUT2D eigenvalue weighted by Crippen LogP contribution is 2.50. The van der Waals surface area contributed by atoms with Gasteiger partial charge in [-0.25, -0.2) is 0 Å². The summed E-state index contributed by atoms with van der Waals surface area (Å²) in [6, 6.07) is 27.4. The van der Waals surface area contributed by atoms with Crippen molar-refractivity contribution >= 4 is 17.4 Å². The number of likely N-dealkylation sites (tertiary alicyclic amines) is 1. The molecule has 0 radical (unpaired) electrons. The molecule has 3 atom stereocenters. The molecule has 2 N–H and O–H groups in total. The van der Waals surface area contributed by atoms with Gasteiger partial charge in [-0.15, -0.1) is 11.6 Å². The van der Waals surface area contributed by atoms with Crippen LogP contribution in [0.4, 0.5) is 0 Å². The van der Waals surface area contributed by atoms with Crippen molar-refractivity contribution in [2.75, 3.05) is 79.6 Å². The number of methoxy groups -OCH3 is 2. The minimum Gasteiger partial charge on any atom is -0.496 e. The fraction of sp³-hybridized carbons (Fsp3) is 0.519. The zero-order valence-electron chi connectivity index (χ0n) is 37.9. The van der Waals surface area contributed by atoms with Crippen LogP contribution in [-0.4, -0.2) is 102 Å². The van der Waals surface area contributed by atoms with E-state index in [0.29, 0.717) is 31.8 Å². The van der Waals surface area contributed by atoms with E-state index in [1.807, 2.05) is 72.8 Å². The zero-order valence-corrected chi connectivity index (χ0v) is 38.7. The van der Waals surface area contributed by atoms with Gasteiger partial charge in [-0.1, -0.05) is 49.2 Å². The number of benzene rings is 4. The maximum atomic E-state index is 12.0. The second-order valence-corrected chi connectivity index (χ2v) is 18.3. The number of rotatable bonds is 15. The molecule has 2 saturated heterocycles. The number of hydrogen-bond donors (Lipinski definition) is 2. The van der Waals surface area contributed by atoms with Crippen molar-refractivity contribution in [2.24, 2.45) is 11.8 Å². The van der Waals surface area contributed by atoms with Gasteiger partial charge >= 0.3 is 0 Å². The number of piperidine rings is 2. The molecule has 4 aromatic rings. The summed E-state index contributed by atoms with van der Waals surface area (Å²) >= 11 is 5.70. The van der Waals surface area contributed by atoms with Crippen molar-refractivity contribution < 1.29 is 47.8 Å². The molecule has 13 heteroatoms. The summed E-state index contributed by atoms with van der Waals surface area (Å²) < 4.78 is 44.2. The van der Waals surface area contributed by atoms with Gasteiger partial charge in [-0.2, -0.15) is 0 Å². The number of hydrogen-bond acceptors (Lipinski definition) is 12. The number of carbonyl (C=O) groups is 1. The SMILES string of the molecule is COc1ccccc1C1(C(=O)CCl)CCC1.COc1ccccc1C1(C(O)CN2CCCC(COc3ccc4c(c3)OCO4)C2)CCC1.c1cc2c(cc1OCC1CCCNC1)OCO2. The van der Waals surface area contributed by atoms with Gasteiger partial charge in [0, 0.05) is 60.1 Å². The first-order valence-electron chi connectivity index (χ1n) is 23.4. The predicted octanol–water partition coefficient (Wildman–Crippen LogP) is 8.72. The van der Waals surface area contributed by atoms with Crippen molar-refractivity contribution in [1.82, 2.24) is 10.2 Å². The Hall–Kier alpha value is -4.88. The maximum Gasteiger partial charge on any atom is 0.231 e. The normalized spacial score (nSPS) is 21.4. The lowest BCUT2D eigenvalue weighted by atomic mass is 9.60. The van der Waals surface area contributed by atoms with Crippen molar-refractivity contribution in [3.05, 3.63) is 96.1 Å². The van der Waals surface area contributed by atoms with Crippen LogP contribution in [0.1, 0.15) is 75.3 Å². The topological polar surface area (TPSA) is 126 Å². The number of ether oxygens (including phenoxy) is 8. The lowest BCUT2D eigenvalue weighted by Gasteiger charge is -2.48. The average molecular weight is 914 g/mol. The molecule has 350 valence electrons. The van der Waals surface area contributed by atoms with Gasteiger partial charge in [0.1, 0.15) is 23.0 Å². The summed E-state index contributed by atoms with van der Waals surface area (Å²) in [7, 11) is 3.35. The molecule has 65 heavy (non-hydrogen) atoms. The molecule has 2 aliphatic carbocycles. The van der Waals surface area contributed by atoms with E-state index in [-0.39, 0.29) is 29.3 Å². The van der Waals surface area contributed by atoms with E-state index in [2.05, 4.69) is 22.3 Å². The van der Waals surface area contributed by atoms with Crippen molar-refractivity contribution in [1.29, 1.82) is 0 Å². The lowest BCUT2D eigenvalue weighted by molar-refractivity contribution is -0.125. The Bertz CT molecular complexity index is 2170. The standard InChI is InChI=1S/C26H33NO5.C13H15ClO2.C13H17NO3/c1-29-22-8-3-2-7-21(22)26(11-5-12-26)25(28)16-27-13-4-6-19(15-27)17-30-20-9-10-23-24(14-20)32-18-31-23;1-16-11-6-3-2-5-10(11)13(7-4-8-13)12(15)9-14;1-2-10(7-14-5-1)8-15-11-3-4-12-13(6-11)17-9-16-12/h2-3,7-10,14,19,25,28H,4-6,11-13,15-18H2,1H3;2-3,5-6H,4,7-9H2,1H3;3-4,6,10,14H,1-2,5,7-9H2. The van der Waals surface area contributed by atoms with Crippen LogP contribution in [0.5, 0.6) is 46.0 Å². The molecule has 3 unspecified atom stereocenters. The van der Waals surface area contributed by atoms with Gasteiger partial charge in [-0.3, -0.25) is 4.79 Å². The first-order chi connectivity index (χ1) is 31.8. The summed E-state index contributed by atoms with van der Waals surface area (Å²) in [5.74, 6) is 7.73. The largest absolute Gasteiger partial charge is 0.496 e. The van der Waals surface area contributed by atoms with E-state index in [4.69, 9.17) is 49.5 Å². The summed E-state index contributed by atoms with van der Waals surface area (Å²) in [6.07, 6.45) is 10.4. The van der Waals surface area contributed by atoms with E-state index >= 15 is 0 Å². The number of nitrogens with zero attached hydrogens (tertiary/aromatic N) is 1. The number of nitrogens with one attached hydrogen (secondary N) is 1. The predicted molar refractivity (Wildman–Crippen MR) is 250 cm³/mol. The number of carbonyl (C=O) groups excluding carboxylic acids is 1. The number of aliphatic hydroxyl groups is 1. The van der Waals surface area contributed by atoms with E-state index in [0.717, 1.165) is 141 Å². The second-order valence-electron chi connectivity index (χ2n) is 18.1. The van der Waals surface area contributed by atoms with Crippen molar-refractivity contribution in [3.63, 3.8) is 0 Å². The van der Waals surface area contributed by atoms with Gasteiger partial charge in [0.05, 0.1) is 44.8 Å². The molecule has 0 spiro atoms. The lowest BCUT2D eigenvalue weighted by Crippen LogP contribution is -2.52. The minimum absolute atomic E-state index is 0.0814. The number of β-amino-alcohol motifs (C(OH)–C–C–N with tert-alkyl or cyclic N) is 1. The van der Waals surface area contributed by atoms with Crippen LogP contribution < -0.4 is 43.2 Å². The highest BCUT2D eigenvalue weighted by atomic mass is 35.5. The van der Waals surface area contributed by atoms with Crippen LogP contribution in [0.3, 0.4) is 0 Å². The first-order valence-corrected chi connectivity index (χ1v) is 23.9. The summed E-state index contributed by atoms with van der Waals surface area (Å²) in [5, 5.41) is 14.8. The van der Waals surface area contributed by atoms with E-state index in [9.17, 15) is 9.90 Å². The van der Waals surface area contributed by atoms with E-state index < -0.39 is 6.10 Å². The van der Waals surface area contributed by atoms with Gasteiger partial charge < -0.3 is 53.2 Å². The molecule has 4 aliphatic heterocycles. The maximum absolute atomic E-state index is 12.0. The van der Waals surface area contributed by atoms with Gasteiger partial charge in [0.2, 0.25) is 13.6 Å². The first kappa shape index (κ1) is 46.6. The second kappa shape index (κ2) is 22.1. The molecule has 4 heterocycles. The van der Waals surface area contributed by atoms with Crippen LogP contribution >= 0.6 is 11.6 Å². The fourth-order valence-corrected chi connectivity index (χ4v) is 10.3. The molecule has 10 rings (SSSR count). The van der Waals surface area contributed by atoms with E-state index in [1.165, 1.54) is 12.8 Å². The third-order valence-electron chi connectivity index (χ3n) is 14.1. The Kier molecular flexibility index (Phi) is 15.8. The number of alkyl halides is 1. The third-order valence-corrected chi connectivity index (χ3v) is 14.3. The number of ketones is 1. The molecule has 4 aromatic carbocycles. The Morgan fingerprint density at radius 3 is 1.86 bits per heavy atom. The van der Waals surface area contributed by atoms with Crippen molar-refractivity contribution in [2.45, 2.75) is 81.1 Å². The molecule has 0 amide bonds. The van der Waals surface area contributed by atoms with Gasteiger partial charge in [-0.05, 0) is 101 Å². The summed E-state index contributed by atoms with van der Waals surface area (Å²) in [4.78, 5) is 14.4. The van der Waals surface area contributed by atoms with Crippen LogP contribution in [-0.2, 0) is 15.6 Å². The Morgan fingerprint density at radius 1 is 0.738 bits per heavy atom. The monoisotopic (exact) mass is 912 g/mol. The fourth-order valence-electron chi connectivity index (χ4n) is 10.1. The van der Waals surface area contributed by atoms with Gasteiger partial charge in [0.25, 0.3) is 0 Å². The minimum atomic E-state index is -0.402. The Balaban J connectivity index is 0.000000147. The Labute approximate surface area is 388 Å². The quantitative estimate of drug-likeness (QED) is 0.111. The van der Waals surface area contributed by atoms with E-state index in [1.54, 1.807) is 14.2 Å². The molecule has 6 aliphatic rings. The third kappa shape index (κ3) is 10.9.